The molecule has 0 aliphatic heterocycles. The van der Waals surface area contributed by atoms with Crippen molar-refractivity contribution in [1.82, 2.24) is 0 Å². The van der Waals surface area contributed by atoms with E-state index in [1.165, 1.54) is 6.07 Å². The van der Waals surface area contributed by atoms with E-state index in [-0.39, 0.29) is 10.6 Å². The summed E-state index contributed by atoms with van der Waals surface area (Å²) in [6, 6.07) is 10.2. The van der Waals surface area contributed by atoms with E-state index in [4.69, 9.17) is 17.3 Å². The van der Waals surface area contributed by atoms with E-state index in [1.807, 2.05) is 25.1 Å². The van der Waals surface area contributed by atoms with Gasteiger partial charge in [-0.05, 0) is 42.7 Å². The average Bonchev–Trinajstić information content (AvgIpc) is 2.40. The van der Waals surface area contributed by atoms with Gasteiger partial charge in [0.05, 0.1) is 11.0 Å². The Morgan fingerprint density at radius 3 is 2.50 bits per heavy atom. The van der Waals surface area contributed by atoms with Crippen molar-refractivity contribution < 1.29 is 4.92 Å². The predicted molar refractivity (Wildman–Crippen MR) is 80.1 cm³/mol. The van der Waals surface area contributed by atoms with Gasteiger partial charge >= 0.3 is 0 Å². The smallest absolute Gasteiger partial charge is 0.272 e. The van der Waals surface area contributed by atoms with Crippen LogP contribution in [-0.4, -0.2) is 4.92 Å². The Hall–Kier alpha value is -1.91. The molecule has 0 amide bonds. The zero-order valence-electron chi connectivity index (χ0n) is 11.3. The second-order valence-electron chi connectivity index (χ2n) is 4.77. The van der Waals surface area contributed by atoms with Gasteiger partial charge in [0, 0.05) is 16.7 Å². The monoisotopic (exact) mass is 290 g/mol. The van der Waals surface area contributed by atoms with E-state index in [0.717, 1.165) is 11.1 Å². The Kier molecular flexibility index (Phi) is 4.06. The molecule has 20 heavy (non-hydrogen) atoms. The normalized spacial score (nSPS) is 12.2. The molecule has 5 heteroatoms. The lowest BCUT2D eigenvalue weighted by molar-refractivity contribution is -0.385. The van der Waals surface area contributed by atoms with Crippen LogP contribution >= 0.6 is 11.6 Å². The topological polar surface area (TPSA) is 69.2 Å². The maximum Gasteiger partial charge on any atom is 0.272 e. The molecular formula is C15H15ClN2O2. The number of aryl methyl sites for hydroxylation is 1. The summed E-state index contributed by atoms with van der Waals surface area (Å²) in [6.45, 7) is 3.58. The van der Waals surface area contributed by atoms with Crippen LogP contribution in [-0.2, 0) is 0 Å². The van der Waals surface area contributed by atoms with Crippen molar-refractivity contribution >= 4 is 17.3 Å². The zero-order chi connectivity index (χ0) is 14.9. The van der Waals surface area contributed by atoms with Gasteiger partial charge in [0.1, 0.15) is 0 Å². The molecule has 2 aromatic carbocycles. The summed E-state index contributed by atoms with van der Waals surface area (Å²) in [5.74, 6) is 0. The number of benzene rings is 2. The molecule has 0 spiro atoms. The third-order valence-electron chi connectivity index (χ3n) is 3.43. The van der Waals surface area contributed by atoms with Gasteiger partial charge in [-0.3, -0.25) is 10.1 Å². The van der Waals surface area contributed by atoms with E-state index >= 15 is 0 Å². The Balaban J connectivity index is 2.50. The standard InChI is InChI=1S/C15H15ClN2O2/c1-9-6-12(8-14(10(9)2)18(19)20)15(17)11-4-3-5-13(16)7-11/h3-8,15H,17H2,1-2H3. The van der Waals surface area contributed by atoms with Crippen LogP contribution in [0.1, 0.15) is 28.3 Å². The fourth-order valence-electron chi connectivity index (χ4n) is 2.13. The molecule has 0 heterocycles. The molecule has 2 rings (SSSR count). The molecular weight excluding hydrogens is 276 g/mol. The second kappa shape index (κ2) is 5.61. The third kappa shape index (κ3) is 2.81. The van der Waals surface area contributed by atoms with Crippen molar-refractivity contribution in [1.29, 1.82) is 0 Å². The maximum absolute atomic E-state index is 11.1. The first-order valence-corrected chi connectivity index (χ1v) is 6.54. The van der Waals surface area contributed by atoms with Crippen LogP contribution in [0, 0.1) is 24.0 Å². The van der Waals surface area contributed by atoms with Gasteiger partial charge in [0.15, 0.2) is 0 Å². The van der Waals surface area contributed by atoms with Crippen molar-refractivity contribution in [3.8, 4) is 0 Å². The number of nitro benzene ring substituents is 1. The fourth-order valence-corrected chi connectivity index (χ4v) is 2.33. The largest absolute Gasteiger partial charge is 0.320 e. The van der Waals surface area contributed by atoms with Crippen LogP contribution in [0.2, 0.25) is 5.02 Å². The summed E-state index contributed by atoms with van der Waals surface area (Å²) in [5.41, 5.74) is 9.34. The summed E-state index contributed by atoms with van der Waals surface area (Å²) in [4.78, 5) is 10.7. The van der Waals surface area contributed by atoms with Crippen LogP contribution in [0.15, 0.2) is 36.4 Å². The minimum absolute atomic E-state index is 0.0949. The van der Waals surface area contributed by atoms with Gasteiger partial charge < -0.3 is 5.73 Å². The molecule has 0 fully saturated rings. The van der Waals surface area contributed by atoms with Crippen molar-refractivity contribution in [2.45, 2.75) is 19.9 Å². The Morgan fingerprint density at radius 1 is 1.20 bits per heavy atom. The van der Waals surface area contributed by atoms with E-state index in [9.17, 15) is 10.1 Å². The van der Waals surface area contributed by atoms with Gasteiger partial charge in [-0.2, -0.15) is 0 Å². The predicted octanol–water partition coefficient (Wildman–Crippen LogP) is 3.91. The number of nitrogens with zero attached hydrogens (tertiary/aromatic N) is 1. The van der Waals surface area contributed by atoms with Crippen LogP contribution in [0.25, 0.3) is 0 Å². The average molecular weight is 291 g/mol. The van der Waals surface area contributed by atoms with E-state index in [1.54, 1.807) is 19.1 Å². The van der Waals surface area contributed by atoms with Gasteiger partial charge in [-0.25, -0.2) is 0 Å². The molecule has 2 aromatic rings. The molecule has 0 radical (unpaired) electrons. The second-order valence-corrected chi connectivity index (χ2v) is 5.21. The Bertz CT molecular complexity index is 671. The molecule has 0 bridgehead atoms. The number of halogens is 1. The highest BCUT2D eigenvalue weighted by molar-refractivity contribution is 6.30. The number of hydrogen-bond acceptors (Lipinski definition) is 3. The van der Waals surface area contributed by atoms with Gasteiger partial charge in [0.2, 0.25) is 0 Å². The lowest BCUT2D eigenvalue weighted by Crippen LogP contribution is -2.13. The minimum atomic E-state index is -0.438. The summed E-state index contributed by atoms with van der Waals surface area (Å²) >= 11 is 5.95. The molecule has 0 aliphatic carbocycles. The maximum atomic E-state index is 11.1. The Morgan fingerprint density at radius 2 is 1.90 bits per heavy atom. The van der Waals surface area contributed by atoms with Crippen LogP contribution < -0.4 is 5.73 Å². The van der Waals surface area contributed by atoms with Crippen molar-refractivity contribution in [2.24, 2.45) is 5.73 Å². The summed E-state index contributed by atoms with van der Waals surface area (Å²) in [5, 5.41) is 11.7. The quantitative estimate of drug-likeness (QED) is 0.688. The molecule has 0 saturated carbocycles. The van der Waals surface area contributed by atoms with Crippen LogP contribution in [0.4, 0.5) is 5.69 Å². The third-order valence-corrected chi connectivity index (χ3v) is 3.66. The first-order chi connectivity index (χ1) is 9.40. The van der Waals surface area contributed by atoms with Crippen LogP contribution in [0.5, 0.6) is 0 Å². The van der Waals surface area contributed by atoms with Gasteiger partial charge in [0.25, 0.3) is 5.69 Å². The molecule has 1 unspecified atom stereocenters. The molecule has 0 saturated heterocycles. The molecule has 4 nitrogen and oxygen atoms in total. The first-order valence-electron chi connectivity index (χ1n) is 6.16. The van der Waals surface area contributed by atoms with Crippen LogP contribution in [0.3, 0.4) is 0 Å². The van der Waals surface area contributed by atoms with E-state index in [0.29, 0.717) is 16.1 Å². The van der Waals surface area contributed by atoms with Crippen molar-refractivity contribution in [3.63, 3.8) is 0 Å². The van der Waals surface area contributed by atoms with Gasteiger partial charge in [-0.1, -0.05) is 29.8 Å². The highest BCUT2D eigenvalue weighted by Crippen LogP contribution is 2.29. The molecule has 2 N–H and O–H groups in total. The van der Waals surface area contributed by atoms with E-state index < -0.39 is 6.04 Å². The van der Waals surface area contributed by atoms with E-state index in [2.05, 4.69) is 0 Å². The zero-order valence-corrected chi connectivity index (χ0v) is 12.0. The minimum Gasteiger partial charge on any atom is -0.320 e. The number of nitrogens with two attached hydrogens (primary N) is 1. The van der Waals surface area contributed by atoms with Crippen molar-refractivity contribution in [2.75, 3.05) is 0 Å². The highest BCUT2D eigenvalue weighted by atomic mass is 35.5. The summed E-state index contributed by atoms with van der Waals surface area (Å²) in [6.07, 6.45) is 0. The highest BCUT2D eigenvalue weighted by Gasteiger charge is 2.18. The lowest BCUT2D eigenvalue weighted by atomic mass is 9.95. The lowest BCUT2D eigenvalue weighted by Gasteiger charge is -2.14. The SMILES string of the molecule is Cc1cc(C(N)c2cccc(Cl)c2)cc([N+](=O)[O-])c1C. The number of nitro groups is 1. The molecule has 104 valence electrons. The molecule has 0 aromatic heterocycles. The van der Waals surface area contributed by atoms with Gasteiger partial charge in [-0.15, -0.1) is 0 Å². The Labute approximate surface area is 122 Å². The fraction of sp³-hybridized carbons (Fsp3) is 0.200. The number of hydrogen-bond donors (Lipinski definition) is 1. The summed E-state index contributed by atoms with van der Waals surface area (Å²) in [7, 11) is 0. The summed E-state index contributed by atoms with van der Waals surface area (Å²) < 4.78 is 0. The first kappa shape index (κ1) is 14.5. The molecule has 0 aliphatic rings. The number of rotatable bonds is 3. The van der Waals surface area contributed by atoms with Crippen molar-refractivity contribution in [3.05, 3.63) is 73.8 Å². The molecule has 1 atom stereocenters.